The number of para-hydroxylation sites is 1. The van der Waals surface area contributed by atoms with Gasteiger partial charge in [-0.2, -0.15) is 0 Å². The van der Waals surface area contributed by atoms with Crippen molar-refractivity contribution in [2.75, 3.05) is 43.8 Å². The Bertz CT molecular complexity index is 1120. The molecule has 1 aromatic heterocycles. The van der Waals surface area contributed by atoms with Crippen molar-refractivity contribution in [1.82, 2.24) is 9.97 Å². The molecule has 0 bridgehead atoms. The third-order valence-electron chi connectivity index (χ3n) is 7.23. The summed E-state index contributed by atoms with van der Waals surface area (Å²) in [4.78, 5) is 14.3. The van der Waals surface area contributed by atoms with E-state index in [1.165, 1.54) is 5.56 Å². The summed E-state index contributed by atoms with van der Waals surface area (Å²) in [5.41, 5.74) is 3.37. The van der Waals surface area contributed by atoms with Crippen LogP contribution in [0.15, 0.2) is 42.5 Å². The molecule has 1 aliphatic carbocycles. The van der Waals surface area contributed by atoms with E-state index in [1.807, 2.05) is 24.1 Å². The second-order valence-corrected chi connectivity index (χ2v) is 9.48. The molecule has 2 heterocycles. The molecule has 2 fully saturated rings. The van der Waals surface area contributed by atoms with Gasteiger partial charge in [-0.3, -0.25) is 0 Å². The summed E-state index contributed by atoms with van der Waals surface area (Å²) in [6.45, 7) is 4.14. The number of rotatable bonds is 6. The van der Waals surface area contributed by atoms with Crippen LogP contribution < -0.4 is 14.5 Å². The molecule has 168 valence electrons. The molecule has 0 radical (unpaired) electrons. The number of anilines is 2. The second-order valence-electron chi connectivity index (χ2n) is 9.48. The van der Waals surface area contributed by atoms with E-state index in [2.05, 4.69) is 42.2 Å². The van der Waals surface area contributed by atoms with Crippen molar-refractivity contribution in [1.29, 1.82) is 0 Å². The Labute approximate surface area is 189 Å². The van der Waals surface area contributed by atoms with Crippen molar-refractivity contribution in [3.05, 3.63) is 53.9 Å². The molecule has 32 heavy (non-hydrogen) atoms. The van der Waals surface area contributed by atoms with Crippen LogP contribution in [0.1, 0.15) is 49.9 Å². The van der Waals surface area contributed by atoms with Gasteiger partial charge in [0.25, 0.3) is 0 Å². The summed E-state index contributed by atoms with van der Waals surface area (Å²) >= 11 is 0. The molecule has 0 spiro atoms. The number of aromatic nitrogens is 2. The number of piperidine rings is 1. The Balaban J connectivity index is 1.48. The van der Waals surface area contributed by atoms with Gasteiger partial charge in [-0.05, 0) is 61.4 Å². The van der Waals surface area contributed by atoms with Crippen molar-refractivity contribution in [2.24, 2.45) is 0 Å². The highest BCUT2D eigenvalue weighted by atomic mass is 16.5. The summed E-state index contributed by atoms with van der Waals surface area (Å²) in [6.07, 6.45) is 4.43. The number of methoxy groups -OCH3 is 1. The van der Waals surface area contributed by atoms with Crippen LogP contribution in [0.3, 0.4) is 0 Å². The molecular formula is C26H32N4O2. The van der Waals surface area contributed by atoms with E-state index in [4.69, 9.17) is 14.7 Å². The zero-order valence-electron chi connectivity index (χ0n) is 19.2. The van der Waals surface area contributed by atoms with Gasteiger partial charge in [-0.25, -0.2) is 9.97 Å². The van der Waals surface area contributed by atoms with Crippen molar-refractivity contribution < 1.29 is 9.84 Å². The minimum atomic E-state index is -0.0256. The van der Waals surface area contributed by atoms with Crippen LogP contribution in [0.2, 0.25) is 0 Å². The Kier molecular flexibility index (Phi) is 5.41. The summed E-state index contributed by atoms with van der Waals surface area (Å²) in [7, 11) is 3.64. The quantitative estimate of drug-likeness (QED) is 0.581. The van der Waals surface area contributed by atoms with Crippen LogP contribution in [-0.2, 0) is 5.41 Å². The van der Waals surface area contributed by atoms with Crippen LogP contribution in [-0.4, -0.2) is 49.1 Å². The predicted octanol–water partition coefficient (Wildman–Crippen LogP) is 4.46. The summed E-state index contributed by atoms with van der Waals surface area (Å²) in [5, 5.41) is 10.7. The SMILES string of the molecule is COc1ccccc1C1CCN(c2nc(C3(C)CC3)nc3ccc(N(C)CO)cc23)CC1. The van der Waals surface area contributed by atoms with Crippen molar-refractivity contribution >= 4 is 22.4 Å². The van der Waals surface area contributed by atoms with Gasteiger partial charge in [0.2, 0.25) is 0 Å². The Morgan fingerprint density at radius 1 is 1.12 bits per heavy atom. The zero-order chi connectivity index (χ0) is 22.3. The molecule has 6 nitrogen and oxygen atoms in total. The van der Waals surface area contributed by atoms with E-state index in [0.29, 0.717) is 5.92 Å². The molecular weight excluding hydrogens is 400 g/mol. The van der Waals surface area contributed by atoms with Gasteiger partial charge >= 0.3 is 0 Å². The van der Waals surface area contributed by atoms with Crippen LogP contribution in [0.25, 0.3) is 10.9 Å². The minimum Gasteiger partial charge on any atom is -0.496 e. The average molecular weight is 433 g/mol. The van der Waals surface area contributed by atoms with Gasteiger partial charge in [0, 0.05) is 36.6 Å². The van der Waals surface area contributed by atoms with Gasteiger partial charge in [-0.1, -0.05) is 25.1 Å². The zero-order valence-corrected chi connectivity index (χ0v) is 19.2. The molecule has 0 unspecified atom stereocenters. The average Bonchev–Trinajstić information content (AvgIpc) is 3.61. The lowest BCUT2D eigenvalue weighted by molar-refractivity contribution is 0.298. The Morgan fingerprint density at radius 2 is 1.88 bits per heavy atom. The lowest BCUT2D eigenvalue weighted by atomic mass is 9.88. The molecule has 6 heteroatoms. The smallest absolute Gasteiger partial charge is 0.140 e. The Morgan fingerprint density at radius 3 is 2.56 bits per heavy atom. The third kappa shape index (κ3) is 3.77. The molecule has 2 aromatic carbocycles. The van der Waals surface area contributed by atoms with E-state index in [1.54, 1.807) is 7.11 Å². The first-order valence-corrected chi connectivity index (χ1v) is 11.5. The Hall–Kier alpha value is -2.86. The highest BCUT2D eigenvalue weighted by molar-refractivity contribution is 5.92. The van der Waals surface area contributed by atoms with Crippen molar-refractivity contribution in [2.45, 2.75) is 43.9 Å². The molecule has 0 amide bonds. The number of aliphatic hydroxyl groups excluding tert-OH is 1. The number of hydrogen-bond donors (Lipinski definition) is 1. The van der Waals surface area contributed by atoms with Gasteiger partial charge in [0.1, 0.15) is 24.1 Å². The fourth-order valence-electron chi connectivity index (χ4n) is 4.75. The maximum Gasteiger partial charge on any atom is 0.140 e. The number of nitrogens with zero attached hydrogens (tertiary/aromatic N) is 4. The fraction of sp³-hybridized carbons (Fsp3) is 0.462. The van der Waals surface area contributed by atoms with Crippen LogP contribution in [0.4, 0.5) is 11.5 Å². The maximum absolute atomic E-state index is 9.59. The first kappa shape index (κ1) is 21.0. The lowest BCUT2D eigenvalue weighted by Crippen LogP contribution is -2.34. The molecule has 2 aliphatic rings. The molecule has 1 saturated carbocycles. The van der Waals surface area contributed by atoms with Crippen LogP contribution in [0, 0.1) is 0 Å². The van der Waals surface area contributed by atoms with Crippen LogP contribution >= 0.6 is 0 Å². The van der Waals surface area contributed by atoms with Gasteiger partial charge < -0.3 is 19.6 Å². The van der Waals surface area contributed by atoms with Crippen molar-refractivity contribution in [3.8, 4) is 5.75 Å². The maximum atomic E-state index is 9.59. The third-order valence-corrected chi connectivity index (χ3v) is 7.23. The van der Waals surface area contributed by atoms with E-state index < -0.39 is 0 Å². The highest BCUT2D eigenvalue weighted by Gasteiger charge is 2.42. The van der Waals surface area contributed by atoms with Crippen molar-refractivity contribution in [3.63, 3.8) is 0 Å². The standard InChI is InChI=1S/C26H32N4O2/c1-26(12-13-26)25-27-22-9-8-19(29(2)17-31)16-21(22)24(28-25)30-14-10-18(11-15-30)20-6-4-5-7-23(20)32-3/h4-9,16,18,31H,10-15,17H2,1-3H3. The molecule has 1 N–H and O–H groups in total. The first-order chi connectivity index (χ1) is 15.5. The lowest BCUT2D eigenvalue weighted by Gasteiger charge is -2.34. The molecule has 0 atom stereocenters. The summed E-state index contributed by atoms with van der Waals surface area (Å²) < 4.78 is 5.61. The summed E-state index contributed by atoms with van der Waals surface area (Å²) in [5.74, 6) is 3.48. The first-order valence-electron chi connectivity index (χ1n) is 11.5. The van der Waals surface area contributed by atoms with E-state index in [-0.39, 0.29) is 12.1 Å². The molecule has 5 rings (SSSR count). The molecule has 3 aromatic rings. The molecule has 1 aliphatic heterocycles. The predicted molar refractivity (Wildman–Crippen MR) is 129 cm³/mol. The van der Waals surface area contributed by atoms with Gasteiger partial charge in [-0.15, -0.1) is 0 Å². The highest BCUT2D eigenvalue weighted by Crippen LogP contribution is 2.47. The number of aliphatic hydroxyl groups is 1. The van der Waals surface area contributed by atoms with Gasteiger partial charge in [0.05, 0.1) is 12.6 Å². The van der Waals surface area contributed by atoms with E-state index >= 15 is 0 Å². The number of fused-ring (bicyclic) bond motifs is 1. The number of hydrogen-bond acceptors (Lipinski definition) is 6. The number of ether oxygens (including phenoxy) is 1. The normalized spacial score (nSPS) is 18.1. The molecule has 1 saturated heterocycles. The fourth-order valence-corrected chi connectivity index (χ4v) is 4.75. The van der Waals surface area contributed by atoms with Crippen LogP contribution in [0.5, 0.6) is 5.75 Å². The monoisotopic (exact) mass is 432 g/mol. The van der Waals surface area contributed by atoms with E-state index in [0.717, 1.165) is 72.8 Å². The topological polar surface area (TPSA) is 61.7 Å². The minimum absolute atomic E-state index is 0.0256. The number of benzene rings is 2. The summed E-state index contributed by atoms with van der Waals surface area (Å²) in [6, 6.07) is 14.6. The largest absolute Gasteiger partial charge is 0.496 e. The van der Waals surface area contributed by atoms with E-state index in [9.17, 15) is 5.11 Å². The second kappa shape index (κ2) is 8.24. The van der Waals surface area contributed by atoms with Gasteiger partial charge in [0.15, 0.2) is 0 Å².